The van der Waals surface area contributed by atoms with E-state index >= 15 is 0 Å². The van der Waals surface area contributed by atoms with E-state index in [9.17, 15) is 4.79 Å². The number of fused-ring (bicyclic) bond motifs is 3. The topological polar surface area (TPSA) is 59.8 Å². The highest BCUT2D eigenvalue weighted by Crippen LogP contribution is 2.34. The molecule has 0 bridgehead atoms. The number of amides is 1. The molecule has 0 saturated heterocycles. The lowest BCUT2D eigenvalue weighted by atomic mass is 10.0. The Balaban J connectivity index is 1.45. The van der Waals surface area contributed by atoms with Gasteiger partial charge in [0.25, 0.3) is 5.91 Å². The summed E-state index contributed by atoms with van der Waals surface area (Å²) >= 11 is 1.58. The standard InChI is InChI=1S/C24H18N4OS/c29-23(17-10-5-8-15-7-1-2-9-16(15)17)26-22-18-11-6-13-19(18)27-28(22)24-25-20-12-3-4-14-21(20)30-24/h1-5,7-10,12,14H,6,11,13H2,(H,26,29). The predicted molar refractivity (Wildman–Crippen MR) is 121 cm³/mol. The van der Waals surface area contributed by atoms with E-state index in [0.29, 0.717) is 5.56 Å². The number of hydrogen-bond donors (Lipinski definition) is 1. The lowest BCUT2D eigenvalue weighted by Crippen LogP contribution is -2.16. The van der Waals surface area contributed by atoms with Gasteiger partial charge in [0.05, 0.1) is 15.9 Å². The maximum absolute atomic E-state index is 13.3. The average molecular weight is 411 g/mol. The van der Waals surface area contributed by atoms with Crippen LogP contribution in [0.1, 0.15) is 28.0 Å². The molecule has 0 spiro atoms. The van der Waals surface area contributed by atoms with Crippen LogP contribution in [0, 0.1) is 0 Å². The van der Waals surface area contributed by atoms with Gasteiger partial charge >= 0.3 is 0 Å². The fraction of sp³-hybridized carbons (Fsp3) is 0.125. The first-order valence-electron chi connectivity index (χ1n) is 10.0. The van der Waals surface area contributed by atoms with Gasteiger partial charge in [-0.15, -0.1) is 0 Å². The molecule has 6 rings (SSSR count). The van der Waals surface area contributed by atoms with Crippen LogP contribution in [0.3, 0.4) is 0 Å². The Bertz CT molecular complexity index is 1390. The molecule has 30 heavy (non-hydrogen) atoms. The Morgan fingerprint density at radius 2 is 1.80 bits per heavy atom. The van der Waals surface area contributed by atoms with E-state index in [1.807, 2.05) is 65.3 Å². The molecule has 0 aliphatic heterocycles. The molecular formula is C24H18N4OS. The Kier molecular flexibility index (Phi) is 3.92. The molecule has 146 valence electrons. The Morgan fingerprint density at radius 3 is 2.73 bits per heavy atom. The number of benzene rings is 3. The molecule has 0 fully saturated rings. The van der Waals surface area contributed by atoms with Crippen LogP contribution in [0.15, 0.2) is 66.7 Å². The molecule has 5 nitrogen and oxygen atoms in total. The van der Waals surface area contributed by atoms with E-state index < -0.39 is 0 Å². The molecule has 5 aromatic rings. The van der Waals surface area contributed by atoms with E-state index in [4.69, 9.17) is 10.1 Å². The molecule has 0 unspecified atom stereocenters. The molecule has 0 radical (unpaired) electrons. The Morgan fingerprint density at radius 1 is 0.967 bits per heavy atom. The summed E-state index contributed by atoms with van der Waals surface area (Å²) in [7, 11) is 0. The molecule has 1 amide bonds. The average Bonchev–Trinajstić information content (AvgIpc) is 3.48. The first-order chi connectivity index (χ1) is 14.8. The normalized spacial score (nSPS) is 13.1. The van der Waals surface area contributed by atoms with Gasteiger partial charge in [0.2, 0.25) is 5.13 Å². The summed E-state index contributed by atoms with van der Waals surface area (Å²) in [6, 6.07) is 21.8. The molecule has 0 saturated carbocycles. The van der Waals surface area contributed by atoms with Crippen molar-refractivity contribution in [3.05, 3.63) is 83.6 Å². The summed E-state index contributed by atoms with van der Waals surface area (Å²) in [5.41, 5.74) is 3.79. The quantitative estimate of drug-likeness (QED) is 0.435. The van der Waals surface area contributed by atoms with E-state index in [-0.39, 0.29) is 5.91 Å². The van der Waals surface area contributed by atoms with Crippen LogP contribution in [-0.2, 0) is 12.8 Å². The van der Waals surface area contributed by atoms with Crippen molar-refractivity contribution in [1.82, 2.24) is 14.8 Å². The van der Waals surface area contributed by atoms with Crippen molar-refractivity contribution in [1.29, 1.82) is 0 Å². The van der Waals surface area contributed by atoms with Crippen molar-refractivity contribution in [2.75, 3.05) is 5.32 Å². The number of anilines is 1. The number of carbonyl (C=O) groups excluding carboxylic acids is 1. The second-order valence-electron chi connectivity index (χ2n) is 7.48. The minimum Gasteiger partial charge on any atom is -0.306 e. The third kappa shape index (κ3) is 2.72. The Labute approximate surface area is 177 Å². The van der Waals surface area contributed by atoms with Gasteiger partial charge in [-0.05, 0) is 48.2 Å². The lowest BCUT2D eigenvalue weighted by molar-refractivity contribution is 0.102. The van der Waals surface area contributed by atoms with Crippen LogP contribution in [0.5, 0.6) is 0 Å². The highest BCUT2D eigenvalue weighted by Gasteiger charge is 2.26. The minimum atomic E-state index is -0.122. The zero-order valence-corrected chi connectivity index (χ0v) is 16.9. The van der Waals surface area contributed by atoms with E-state index in [2.05, 4.69) is 11.4 Å². The summed E-state index contributed by atoms with van der Waals surface area (Å²) in [5.74, 6) is 0.628. The van der Waals surface area contributed by atoms with Gasteiger partial charge in [0, 0.05) is 11.1 Å². The molecule has 1 aliphatic carbocycles. The number of nitrogens with zero attached hydrogens (tertiary/aromatic N) is 3. The number of carbonyl (C=O) groups is 1. The first-order valence-corrected chi connectivity index (χ1v) is 10.9. The fourth-order valence-electron chi connectivity index (χ4n) is 4.21. The maximum Gasteiger partial charge on any atom is 0.257 e. The summed E-state index contributed by atoms with van der Waals surface area (Å²) < 4.78 is 2.92. The zero-order chi connectivity index (χ0) is 20.1. The molecule has 2 heterocycles. The smallest absolute Gasteiger partial charge is 0.257 e. The van der Waals surface area contributed by atoms with Gasteiger partial charge in [0.15, 0.2) is 0 Å². The number of para-hydroxylation sites is 1. The number of rotatable bonds is 3. The van der Waals surface area contributed by atoms with Gasteiger partial charge in [-0.25, -0.2) is 4.98 Å². The van der Waals surface area contributed by atoms with Crippen LogP contribution >= 0.6 is 11.3 Å². The zero-order valence-electron chi connectivity index (χ0n) is 16.1. The van der Waals surface area contributed by atoms with Crippen molar-refractivity contribution >= 4 is 44.1 Å². The number of aryl methyl sites for hydroxylation is 1. The lowest BCUT2D eigenvalue weighted by Gasteiger charge is -2.10. The Hall–Kier alpha value is -3.51. The summed E-state index contributed by atoms with van der Waals surface area (Å²) in [6.45, 7) is 0. The number of hydrogen-bond acceptors (Lipinski definition) is 4. The van der Waals surface area contributed by atoms with Crippen LogP contribution in [0.25, 0.3) is 26.1 Å². The predicted octanol–water partition coefficient (Wildman–Crippen LogP) is 5.38. The van der Waals surface area contributed by atoms with Crippen molar-refractivity contribution < 1.29 is 4.79 Å². The first kappa shape index (κ1) is 17.4. The van der Waals surface area contributed by atoms with Crippen molar-refractivity contribution in [3.63, 3.8) is 0 Å². The highest BCUT2D eigenvalue weighted by molar-refractivity contribution is 7.20. The van der Waals surface area contributed by atoms with Crippen molar-refractivity contribution in [2.45, 2.75) is 19.3 Å². The minimum absolute atomic E-state index is 0.122. The second kappa shape index (κ2) is 6.78. The summed E-state index contributed by atoms with van der Waals surface area (Å²) in [4.78, 5) is 18.1. The highest BCUT2D eigenvalue weighted by atomic mass is 32.1. The van der Waals surface area contributed by atoms with E-state index in [1.54, 1.807) is 11.3 Å². The monoisotopic (exact) mass is 410 g/mol. The fourth-order valence-corrected chi connectivity index (χ4v) is 5.13. The van der Waals surface area contributed by atoms with Gasteiger partial charge in [-0.2, -0.15) is 9.78 Å². The van der Waals surface area contributed by atoms with Crippen molar-refractivity contribution in [3.8, 4) is 5.13 Å². The second-order valence-corrected chi connectivity index (χ2v) is 8.49. The number of nitrogens with one attached hydrogen (secondary N) is 1. The van der Waals surface area contributed by atoms with Crippen LogP contribution < -0.4 is 5.32 Å². The third-order valence-corrected chi connectivity index (χ3v) is 6.65. The van der Waals surface area contributed by atoms with Gasteiger partial charge in [0.1, 0.15) is 5.82 Å². The summed E-state index contributed by atoms with van der Waals surface area (Å²) in [5, 5.41) is 10.8. The number of aromatic nitrogens is 3. The van der Waals surface area contributed by atoms with Crippen LogP contribution in [0.4, 0.5) is 5.82 Å². The maximum atomic E-state index is 13.3. The van der Waals surface area contributed by atoms with E-state index in [0.717, 1.165) is 62.5 Å². The largest absolute Gasteiger partial charge is 0.306 e. The van der Waals surface area contributed by atoms with Gasteiger partial charge in [-0.3, -0.25) is 4.79 Å². The van der Waals surface area contributed by atoms with Gasteiger partial charge in [-0.1, -0.05) is 59.9 Å². The van der Waals surface area contributed by atoms with E-state index in [1.165, 1.54) is 0 Å². The van der Waals surface area contributed by atoms with Crippen molar-refractivity contribution in [2.24, 2.45) is 0 Å². The van der Waals surface area contributed by atoms with Crippen LogP contribution in [0.2, 0.25) is 0 Å². The molecule has 0 atom stereocenters. The SMILES string of the molecule is O=C(Nc1c2c(nn1-c1nc3ccccc3s1)CCC2)c1cccc2ccccc12. The molecule has 3 aromatic carbocycles. The number of thiazole rings is 1. The van der Waals surface area contributed by atoms with Gasteiger partial charge < -0.3 is 5.32 Å². The van der Waals surface area contributed by atoms with Crippen LogP contribution in [-0.4, -0.2) is 20.7 Å². The molecule has 1 aliphatic rings. The third-order valence-electron chi connectivity index (χ3n) is 5.64. The molecule has 2 aromatic heterocycles. The molecular weight excluding hydrogens is 392 g/mol. The molecule has 1 N–H and O–H groups in total. The summed E-state index contributed by atoms with van der Waals surface area (Å²) in [6.07, 6.45) is 2.92. The molecule has 6 heteroatoms.